The largest absolute Gasteiger partial charge is 0.337 e. The molecule has 266 valence electrons. The summed E-state index contributed by atoms with van der Waals surface area (Å²) >= 11 is 5.01. The number of hydrogen-bond acceptors (Lipinski definition) is 5. The smallest absolute Gasteiger partial charge is 0.114 e. The molecule has 0 aliphatic heterocycles. The van der Waals surface area contributed by atoms with Crippen molar-refractivity contribution in [2.45, 2.75) is 124 Å². The highest BCUT2D eigenvalue weighted by atomic mass is 32.1. The summed E-state index contributed by atoms with van der Waals surface area (Å²) in [4.78, 5) is 5.12. The second-order valence-electron chi connectivity index (χ2n) is 14.6. The van der Waals surface area contributed by atoms with Crippen molar-refractivity contribution in [3.05, 3.63) is 83.2 Å². The lowest BCUT2D eigenvalue weighted by Crippen LogP contribution is -2.09. The molecule has 7 aromatic rings. The van der Waals surface area contributed by atoms with E-state index in [1.807, 2.05) is 22.7 Å². The first-order chi connectivity index (χ1) is 25.1. The van der Waals surface area contributed by atoms with Crippen LogP contribution in [0.15, 0.2) is 72.8 Å². The quantitative estimate of drug-likeness (QED) is 0.0823. The fraction of sp³-hybridized carbons (Fsp3) is 0.422. The molecule has 0 bridgehead atoms. The van der Waals surface area contributed by atoms with Gasteiger partial charge in [-0.25, -0.2) is 0 Å². The molecule has 0 amide bonds. The number of hydrogen-bond donors (Lipinski definition) is 0. The minimum Gasteiger partial charge on any atom is -0.337 e. The molecule has 0 aliphatic carbocycles. The first-order valence-corrected chi connectivity index (χ1v) is 21.9. The van der Waals surface area contributed by atoms with Crippen molar-refractivity contribution in [1.29, 1.82) is 0 Å². The summed E-state index contributed by atoms with van der Waals surface area (Å²) < 4.78 is 12.3. The molecule has 0 unspecified atom stereocenters. The number of thiophene rings is 2. The highest BCUT2D eigenvalue weighted by Gasteiger charge is 2.21. The maximum Gasteiger partial charge on any atom is 0.114 e. The van der Waals surface area contributed by atoms with Crippen molar-refractivity contribution in [3.63, 3.8) is 0 Å². The first kappa shape index (κ1) is 36.1. The molecule has 7 rings (SSSR count). The predicted octanol–water partition coefficient (Wildman–Crippen LogP) is 15.6. The average molecular weight is 732 g/mol. The van der Waals surface area contributed by atoms with Gasteiger partial charge in [0.2, 0.25) is 0 Å². The number of benzene rings is 3. The first-order valence-electron chi connectivity index (χ1n) is 19.5. The summed E-state index contributed by atoms with van der Waals surface area (Å²) in [6.45, 7) is 9.04. The summed E-state index contributed by atoms with van der Waals surface area (Å²) in [5, 5.41) is 2.78. The summed E-state index contributed by atoms with van der Waals surface area (Å²) in [5.41, 5.74) is 9.83. The SMILES string of the molecule is CCCCCCCCC(CCCCCCCC)n1c2cc(C)ccc2c2ccc(-c3ccc(-c4ccc(-c5ccc(C)s5)c5nsnc45)s3)cc21. The molecule has 0 saturated carbocycles. The Balaban J connectivity index is 1.23. The van der Waals surface area contributed by atoms with Gasteiger partial charge < -0.3 is 4.57 Å². The van der Waals surface area contributed by atoms with E-state index in [4.69, 9.17) is 8.75 Å². The summed E-state index contributed by atoms with van der Waals surface area (Å²) in [6, 6.07) is 28.4. The number of nitrogens with zero attached hydrogens (tertiary/aromatic N) is 3. The van der Waals surface area contributed by atoms with Gasteiger partial charge in [0.1, 0.15) is 11.0 Å². The van der Waals surface area contributed by atoms with Crippen molar-refractivity contribution >= 4 is 67.2 Å². The second kappa shape index (κ2) is 17.0. The van der Waals surface area contributed by atoms with Crippen LogP contribution < -0.4 is 0 Å². The van der Waals surface area contributed by atoms with Crippen molar-refractivity contribution in [2.75, 3.05) is 0 Å². The zero-order chi connectivity index (χ0) is 35.2. The molecule has 0 fully saturated rings. The highest BCUT2D eigenvalue weighted by Crippen LogP contribution is 2.43. The third-order valence-electron chi connectivity index (χ3n) is 10.7. The van der Waals surface area contributed by atoms with Crippen LogP contribution >= 0.6 is 34.4 Å². The molecule has 6 heteroatoms. The van der Waals surface area contributed by atoms with E-state index in [2.05, 4.69) is 105 Å². The summed E-state index contributed by atoms with van der Waals surface area (Å²) in [7, 11) is 0. The zero-order valence-electron chi connectivity index (χ0n) is 31.0. The van der Waals surface area contributed by atoms with E-state index < -0.39 is 0 Å². The van der Waals surface area contributed by atoms with E-state index in [0.29, 0.717) is 6.04 Å². The Hall–Kier alpha value is -3.32. The number of aryl methyl sites for hydroxylation is 2. The van der Waals surface area contributed by atoms with Crippen LogP contribution in [0.25, 0.3) is 64.2 Å². The minimum atomic E-state index is 0.523. The Bertz CT molecular complexity index is 2180. The lowest BCUT2D eigenvalue weighted by Gasteiger charge is -2.22. The van der Waals surface area contributed by atoms with Gasteiger partial charge in [-0.1, -0.05) is 127 Å². The molecule has 0 spiro atoms. The van der Waals surface area contributed by atoms with Crippen LogP contribution in [-0.2, 0) is 0 Å². The van der Waals surface area contributed by atoms with Crippen molar-refractivity contribution in [3.8, 4) is 31.3 Å². The van der Waals surface area contributed by atoms with E-state index in [0.717, 1.165) is 11.0 Å². The van der Waals surface area contributed by atoms with Crippen LogP contribution in [0.3, 0.4) is 0 Å². The van der Waals surface area contributed by atoms with Crippen LogP contribution in [0.4, 0.5) is 0 Å². The minimum absolute atomic E-state index is 0.523. The van der Waals surface area contributed by atoms with E-state index in [-0.39, 0.29) is 0 Å². The maximum atomic E-state index is 4.80. The molecule has 4 heterocycles. The topological polar surface area (TPSA) is 30.7 Å². The fourth-order valence-corrected chi connectivity index (χ4v) is 10.4. The van der Waals surface area contributed by atoms with Gasteiger partial charge in [0.25, 0.3) is 0 Å². The number of fused-ring (bicyclic) bond motifs is 4. The van der Waals surface area contributed by atoms with E-state index >= 15 is 0 Å². The van der Waals surface area contributed by atoms with E-state index in [9.17, 15) is 0 Å². The van der Waals surface area contributed by atoms with Gasteiger partial charge in [-0.15, -0.1) is 22.7 Å². The Morgan fingerprint density at radius 1 is 0.549 bits per heavy atom. The lowest BCUT2D eigenvalue weighted by molar-refractivity contribution is 0.410. The molecular weight excluding hydrogens is 679 g/mol. The fourth-order valence-electron chi connectivity index (χ4n) is 7.91. The molecule has 0 radical (unpaired) electrons. The molecule has 51 heavy (non-hydrogen) atoms. The third-order valence-corrected chi connectivity index (χ3v) is 13.4. The number of unbranched alkanes of at least 4 members (excludes halogenated alkanes) is 10. The average Bonchev–Trinajstić information content (AvgIpc) is 3.96. The molecule has 0 atom stereocenters. The number of aromatic nitrogens is 3. The molecule has 4 aromatic heterocycles. The molecule has 3 nitrogen and oxygen atoms in total. The predicted molar refractivity (Wildman–Crippen MR) is 227 cm³/mol. The monoisotopic (exact) mass is 731 g/mol. The van der Waals surface area contributed by atoms with Crippen LogP contribution in [0.1, 0.15) is 120 Å². The van der Waals surface area contributed by atoms with E-state index in [1.165, 1.54) is 165 Å². The Labute approximate surface area is 317 Å². The Morgan fingerprint density at radius 3 is 1.73 bits per heavy atom. The molecule has 3 aromatic carbocycles. The Morgan fingerprint density at radius 2 is 1.10 bits per heavy atom. The van der Waals surface area contributed by atoms with Crippen molar-refractivity contribution in [2.24, 2.45) is 0 Å². The third kappa shape index (κ3) is 8.04. The van der Waals surface area contributed by atoms with Gasteiger partial charge in [0.15, 0.2) is 0 Å². The van der Waals surface area contributed by atoms with Crippen molar-refractivity contribution < 1.29 is 0 Å². The zero-order valence-corrected chi connectivity index (χ0v) is 33.4. The lowest BCUT2D eigenvalue weighted by atomic mass is 9.99. The van der Waals surface area contributed by atoms with Crippen molar-refractivity contribution in [1.82, 2.24) is 13.3 Å². The molecule has 0 aliphatic rings. The van der Waals surface area contributed by atoms with Crippen LogP contribution in [0, 0.1) is 13.8 Å². The Kier molecular flexibility index (Phi) is 12.0. The second-order valence-corrected chi connectivity index (χ2v) is 17.5. The van der Waals surface area contributed by atoms with E-state index in [1.54, 1.807) is 0 Å². The van der Waals surface area contributed by atoms with Gasteiger partial charge in [-0.05, 0) is 74.2 Å². The van der Waals surface area contributed by atoms with Gasteiger partial charge in [0.05, 0.1) is 17.2 Å². The van der Waals surface area contributed by atoms with Gasteiger partial charge >= 0.3 is 0 Å². The van der Waals surface area contributed by atoms with Gasteiger partial charge in [-0.3, -0.25) is 0 Å². The molecule has 0 saturated heterocycles. The summed E-state index contributed by atoms with van der Waals surface area (Å²) in [5.74, 6) is 0. The molecular formula is C45H53N3S3. The molecule has 0 N–H and O–H groups in total. The van der Waals surface area contributed by atoms with Gasteiger partial charge in [0, 0.05) is 53.0 Å². The highest BCUT2D eigenvalue weighted by molar-refractivity contribution is 7.19. The van der Waals surface area contributed by atoms with Gasteiger partial charge in [-0.2, -0.15) is 8.75 Å². The standard InChI is InChI=1S/C45H53N3S3/c1-5-7-9-11-13-15-17-34(18-16-14-12-10-8-6-2)48-39-29-31(3)19-22-35(39)36-23-21-33(30-40(36)48)41-27-28-43(50-41)38-25-24-37(42-26-20-32(4)49-42)44-45(38)47-51-46-44/h19-30,34H,5-18H2,1-4H3. The number of rotatable bonds is 18. The van der Waals surface area contributed by atoms with Crippen LogP contribution in [-0.4, -0.2) is 13.3 Å². The maximum absolute atomic E-state index is 4.80. The normalized spacial score (nSPS) is 12.0. The van der Waals surface area contributed by atoms with Crippen LogP contribution in [0.2, 0.25) is 0 Å². The summed E-state index contributed by atoms with van der Waals surface area (Å²) in [6.07, 6.45) is 18.7. The van der Waals surface area contributed by atoms with Crippen LogP contribution in [0.5, 0.6) is 0 Å².